The molecule has 1 heterocycles. The SMILES string of the molecule is Cc1cc(C)n(CC(=O)NCc2ccccc2F)n1. The Bertz CT molecular complexity index is 592. The van der Waals surface area contributed by atoms with E-state index >= 15 is 0 Å². The minimum Gasteiger partial charge on any atom is -0.350 e. The molecule has 1 N–H and O–H groups in total. The Hall–Kier alpha value is -2.17. The number of benzene rings is 1. The van der Waals surface area contributed by atoms with E-state index in [-0.39, 0.29) is 24.8 Å². The number of carbonyl (C=O) groups excluding carboxylic acids is 1. The van der Waals surface area contributed by atoms with Gasteiger partial charge < -0.3 is 5.32 Å². The number of halogens is 1. The summed E-state index contributed by atoms with van der Waals surface area (Å²) in [6, 6.07) is 8.30. The highest BCUT2D eigenvalue weighted by Gasteiger charge is 2.08. The van der Waals surface area contributed by atoms with Crippen LogP contribution in [0.3, 0.4) is 0 Å². The maximum atomic E-state index is 13.4. The van der Waals surface area contributed by atoms with Crippen molar-refractivity contribution in [3.8, 4) is 0 Å². The third-order valence-electron chi connectivity index (χ3n) is 2.83. The standard InChI is InChI=1S/C14H16FN3O/c1-10-7-11(2)18(17-10)9-14(19)16-8-12-5-3-4-6-13(12)15/h3-7H,8-9H2,1-2H3,(H,16,19). The number of amides is 1. The molecule has 5 heteroatoms. The fourth-order valence-electron chi connectivity index (χ4n) is 1.86. The summed E-state index contributed by atoms with van der Waals surface area (Å²) >= 11 is 0. The van der Waals surface area contributed by atoms with Crippen LogP contribution in [-0.2, 0) is 17.9 Å². The largest absolute Gasteiger partial charge is 0.350 e. The molecule has 0 fully saturated rings. The molecular formula is C14H16FN3O. The van der Waals surface area contributed by atoms with Crippen LogP contribution in [0.4, 0.5) is 4.39 Å². The van der Waals surface area contributed by atoms with E-state index < -0.39 is 0 Å². The lowest BCUT2D eigenvalue weighted by molar-refractivity contribution is -0.122. The van der Waals surface area contributed by atoms with Gasteiger partial charge in [0.05, 0.1) is 5.69 Å². The lowest BCUT2D eigenvalue weighted by Gasteiger charge is -2.07. The van der Waals surface area contributed by atoms with E-state index in [4.69, 9.17) is 0 Å². The van der Waals surface area contributed by atoms with Crippen LogP contribution in [0.1, 0.15) is 17.0 Å². The third-order valence-corrected chi connectivity index (χ3v) is 2.83. The summed E-state index contributed by atoms with van der Waals surface area (Å²) in [4.78, 5) is 11.8. The number of nitrogens with zero attached hydrogens (tertiary/aromatic N) is 2. The summed E-state index contributed by atoms with van der Waals surface area (Å²) in [6.07, 6.45) is 0. The van der Waals surface area contributed by atoms with Crippen LogP contribution in [-0.4, -0.2) is 15.7 Å². The van der Waals surface area contributed by atoms with Crippen molar-refractivity contribution in [1.29, 1.82) is 0 Å². The van der Waals surface area contributed by atoms with Crippen molar-refractivity contribution in [2.75, 3.05) is 0 Å². The minimum atomic E-state index is -0.311. The van der Waals surface area contributed by atoms with Gasteiger partial charge in [-0.3, -0.25) is 9.48 Å². The van der Waals surface area contributed by atoms with Gasteiger partial charge in [0.2, 0.25) is 5.91 Å². The zero-order valence-electron chi connectivity index (χ0n) is 11.0. The average molecular weight is 261 g/mol. The molecule has 0 bridgehead atoms. The molecule has 0 aliphatic carbocycles. The molecule has 1 amide bonds. The topological polar surface area (TPSA) is 46.9 Å². The Morgan fingerprint density at radius 2 is 2.11 bits per heavy atom. The molecular weight excluding hydrogens is 245 g/mol. The van der Waals surface area contributed by atoms with Gasteiger partial charge in [0, 0.05) is 17.8 Å². The first-order valence-electron chi connectivity index (χ1n) is 6.07. The lowest BCUT2D eigenvalue weighted by atomic mass is 10.2. The van der Waals surface area contributed by atoms with Gasteiger partial charge in [-0.1, -0.05) is 18.2 Å². The van der Waals surface area contributed by atoms with Crippen LogP contribution in [0.2, 0.25) is 0 Å². The predicted octanol–water partition coefficient (Wildman–Crippen LogP) is 1.96. The van der Waals surface area contributed by atoms with E-state index in [9.17, 15) is 9.18 Å². The first kappa shape index (κ1) is 13.3. The van der Waals surface area contributed by atoms with Gasteiger partial charge in [0.15, 0.2) is 0 Å². The Morgan fingerprint density at radius 3 is 2.74 bits per heavy atom. The fourth-order valence-corrected chi connectivity index (χ4v) is 1.86. The molecule has 0 atom stereocenters. The summed E-state index contributed by atoms with van der Waals surface area (Å²) in [5.74, 6) is -0.497. The van der Waals surface area contributed by atoms with Crippen molar-refractivity contribution in [3.63, 3.8) is 0 Å². The highest BCUT2D eigenvalue weighted by Crippen LogP contribution is 2.06. The van der Waals surface area contributed by atoms with Crippen molar-refractivity contribution >= 4 is 5.91 Å². The van der Waals surface area contributed by atoms with E-state index in [2.05, 4.69) is 10.4 Å². The molecule has 0 unspecified atom stereocenters. The predicted molar refractivity (Wildman–Crippen MR) is 69.9 cm³/mol. The first-order valence-corrected chi connectivity index (χ1v) is 6.07. The second-order valence-electron chi connectivity index (χ2n) is 4.45. The van der Waals surface area contributed by atoms with Gasteiger partial charge in [-0.25, -0.2) is 4.39 Å². The van der Waals surface area contributed by atoms with Crippen molar-refractivity contribution in [2.24, 2.45) is 0 Å². The summed E-state index contributed by atoms with van der Waals surface area (Å²) in [5, 5.41) is 6.89. The number of hydrogen-bond donors (Lipinski definition) is 1. The van der Waals surface area contributed by atoms with E-state index in [1.165, 1.54) is 6.07 Å². The van der Waals surface area contributed by atoms with Crippen LogP contribution >= 0.6 is 0 Å². The summed E-state index contributed by atoms with van der Waals surface area (Å²) < 4.78 is 15.0. The van der Waals surface area contributed by atoms with Crippen LogP contribution in [0, 0.1) is 19.7 Å². The zero-order chi connectivity index (χ0) is 13.8. The molecule has 0 aliphatic rings. The lowest BCUT2D eigenvalue weighted by Crippen LogP contribution is -2.28. The molecule has 0 aliphatic heterocycles. The maximum absolute atomic E-state index is 13.4. The number of aromatic nitrogens is 2. The maximum Gasteiger partial charge on any atom is 0.242 e. The Labute approximate surface area is 111 Å². The van der Waals surface area contributed by atoms with E-state index in [1.807, 2.05) is 19.9 Å². The molecule has 0 saturated heterocycles. The number of rotatable bonds is 4. The molecule has 19 heavy (non-hydrogen) atoms. The van der Waals surface area contributed by atoms with Gasteiger partial charge in [0.1, 0.15) is 12.4 Å². The molecule has 100 valence electrons. The molecule has 1 aromatic heterocycles. The van der Waals surface area contributed by atoms with Crippen LogP contribution in [0.5, 0.6) is 0 Å². The van der Waals surface area contributed by atoms with E-state index in [0.29, 0.717) is 5.56 Å². The second kappa shape index (κ2) is 5.65. The van der Waals surface area contributed by atoms with Gasteiger partial charge in [-0.2, -0.15) is 5.10 Å². The minimum absolute atomic E-state index is 0.147. The fraction of sp³-hybridized carbons (Fsp3) is 0.286. The Morgan fingerprint density at radius 1 is 1.37 bits per heavy atom. The van der Waals surface area contributed by atoms with Crippen molar-refractivity contribution in [2.45, 2.75) is 26.9 Å². The summed E-state index contributed by atoms with van der Waals surface area (Å²) in [6.45, 7) is 4.10. The summed E-state index contributed by atoms with van der Waals surface area (Å²) in [7, 11) is 0. The normalized spacial score (nSPS) is 10.5. The van der Waals surface area contributed by atoms with Gasteiger partial charge >= 0.3 is 0 Å². The van der Waals surface area contributed by atoms with Crippen LogP contribution in [0.25, 0.3) is 0 Å². The molecule has 4 nitrogen and oxygen atoms in total. The molecule has 1 aromatic carbocycles. The first-order chi connectivity index (χ1) is 9.06. The van der Waals surface area contributed by atoms with Crippen molar-refractivity contribution in [3.05, 3.63) is 53.1 Å². The van der Waals surface area contributed by atoms with Crippen molar-refractivity contribution < 1.29 is 9.18 Å². The number of hydrogen-bond acceptors (Lipinski definition) is 2. The molecule has 0 radical (unpaired) electrons. The van der Waals surface area contributed by atoms with Gasteiger partial charge in [-0.15, -0.1) is 0 Å². The van der Waals surface area contributed by atoms with Gasteiger partial charge in [0.25, 0.3) is 0 Å². The molecule has 2 rings (SSSR count). The van der Waals surface area contributed by atoms with Gasteiger partial charge in [-0.05, 0) is 26.0 Å². The number of carbonyl (C=O) groups is 1. The second-order valence-corrected chi connectivity index (χ2v) is 4.45. The number of aryl methyl sites for hydroxylation is 2. The van der Waals surface area contributed by atoms with E-state index in [1.54, 1.807) is 22.9 Å². The van der Waals surface area contributed by atoms with Crippen molar-refractivity contribution in [1.82, 2.24) is 15.1 Å². The van der Waals surface area contributed by atoms with E-state index in [0.717, 1.165) is 11.4 Å². The average Bonchev–Trinajstić information content (AvgIpc) is 2.67. The highest BCUT2D eigenvalue weighted by atomic mass is 19.1. The van der Waals surface area contributed by atoms with Crippen LogP contribution in [0.15, 0.2) is 30.3 Å². The third kappa shape index (κ3) is 3.40. The molecule has 0 saturated carbocycles. The zero-order valence-corrected chi connectivity index (χ0v) is 11.0. The van der Waals surface area contributed by atoms with Crippen LogP contribution < -0.4 is 5.32 Å². The Kier molecular flexibility index (Phi) is 3.94. The smallest absolute Gasteiger partial charge is 0.242 e. The number of nitrogens with one attached hydrogen (secondary N) is 1. The highest BCUT2D eigenvalue weighted by molar-refractivity contribution is 5.75. The summed E-state index contributed by atoms with van der Waals surface area (Å²) in [5.41, 5.74) is 2.28. The Balaban J connectivity index is 1.92. The molecule has 0 spiro atoms. The quantitative estimate of drug-likeness (QED) is 0.914. The molecule has 2 aromatic rings. The monoisotopic (exact) mass is 261 g/mol.